The van der Waals surface area contributed by atoms with E-state index in [1.165, 1.54) is 13.1 Å². The van der Waals surface area contributed by atoms with Crippen molar-refractivity contribution in [3.05, 3.63) is 34.0 Å². The fourth-order valence-electron chi connectivity index (χ4n) is 1.65. The maximum absolute atomic E-state index is 11.5. The Morgan fingerprint density at radius 2 is 2.20 bits per heavy atom. The quantitative estimate of drug-likeness (QED) is 0.752. The van der Waals surface area contributed by atoms with Crippen LogP contribution in [0.2, 0.25) is 0 Å². The highest BCUT2D eigenvalue weighted by molar-refractivity contribution is 7.89. The average Bonchev–Trinajstić information content (AvgIpc) is 3.04. The third kappa shape index (κ3) is 3.89. The number of hydrogen-bond donors (Lipinski definition) is 2. The minimum absolute atomic E-state index is 0.0630. The SMILES string of the molecule is CNS(=O)(=O)c1ccc(CNCCc2csc(C)n2)o1. The van der Waals surface area contributed by atoms with Crippen molar-refractivity contribution >= 4 is 21.4 Å². The molecule has 0 fully saturated rings. The van der Waals surface area contributed by atoms with Gasteiger partial charge in [0.2, 0.25) is 5.09 Å². The van der Waals surface area contributed by atoms with Crippen molar-refractivity contribution in [2.45, 2.75) is 25.0 Å². The van der Waals surface area contributed by atoms with Crippen LogP contribution >= 0.6 is 11.3 Å². The van der Waals surface area contributed by atoms with Gasteiger partial charge in [0.15, 0.2) is 0 Å². The molecule has 0 spiro atoms. The Morgan fingerprint density at radius 3 is 2.85 bits per heavy atom. The van der Waals surface area contributed by atoms with E-state index in [4.69, 9.17) is 4.42 Å². The van der Waals surface area contributed by atoms with Crippen LogP contribution in [0.15, 0.2) is 27.0 Å². The largest absolute Gasteiger partial charge is 0.447 e. The zero-order chi connectivity index (χ0) is 14.6. The molecular weight excluding hydrogens is 298 g/mol. The number of nitrogens with one attached hydrogen (secondary N) is 2. The molecule has 0 aliphatic heterocycles. The monoisotopic (exact) mass is 315 g/mol. The summed E-state index contributed by atoms with van der Waals surface area (Å²) >= 11 is 1.64. The van der Waals surface area contributed by atoms with Gasteiger partial charge in [-0.15, -0.1) is 11.3 Å². The molecule has 0 saturated heterocycles. The zero-order valence-electron chi connectivity index (χ0n) is 11.3. The van der Waals surface area contributed by atoms with Crippen LogP contribution in [0.25, 0.3) is 0 Å². The van der Waals surface area contributed by atoms with Crippen molar-refractivity contribution in [2.24, 2.45) is 0 Å². The van der Waals surface area contributed by atoms with Crippen molar-refractivity contribution in [1.82, 2.24) is 15.0 Å². The molecule has 2 aromatic heterocycles. The Balaban J connectivity index is 1.80. The lowest BCUT2D eigenvalue weighted by molar-refractivity contribution is 0.401. The molecule has 0 aromatic carbocycles. The molecule has 8 heteroatoms. The molecular formula is C12H17N3O3S2. The first-order chi connectivity index (χ1) is 9.51. The van der Waals surface area contributed by atoms with Crippen LogP contribution in [-0.4, -0.2) is 27.0 Å². The molecule has 2 aromatic rings. The number of rotatable bonds is 7. The van der Waals surface area contributed by atoms with E-state index in [0.717, 1.165) is 23.7 Å². The highest BCUT2D eigenvalue weighted by atomic mass is 32.2. The van der Waals surface area contributed by atoms with E-state index in [9.17, 15) is 8.42 Å². The van der Waals surface area contributed by atoms with Crippen molar-refractivity contribution in [1.29, 1.82) is 0 Å². The second-order valence-electron chi connectivity index (χ2n) is 4.21. The average molecular weight is 315 g/mol. The summed E-state index contributed by atoms with van der Waals surface area (Å²) in [5.41, 5.74) is 1.07. The summed E-state index contributed by atoms with van der Waals surface area (Å²) in [6, 6.07) is 3.11. The van der Waals surface area contributed by atoms with Crippen LogP contribution in [-0.2, 0) is 23.0 Å². The Labute approximate surface area is 122 Å². The number of furan rings is 1. The first-order valence-electron chi connectivity index (χ1n) is 6.15. The number of hydrogen-bond acceptors (Lipinski definition) is 6. The summed E-state index contributed by atoms with van der Waals surface area (Å²) in [5, 5.41) is 6.24. The first-order valence-corrected chi connectivity index (χ1v) is 8.51. The van der Waals surface area contributed by atoms with Crippen LogP contribution in [0.3, 0.4) is 0 Å². The molecule has 2 rings (SSSR count). The molecule has 6 nitrogen and oxygen atoms in total. The summed E-state index contributed by atoms with van der Waals surface area (Å²) in [6.07, 6.45) is 0.840. The minimum atomic E-state index is -3.50. The van der Waals surface area contributed by atoms with Gasteiger partial charge < -0.3 is 9.73 Å². The highest BCUT2D eigenvalue weighted by Crippen LogP contribution is 2.13. The van der Waals surface area contributed by atoms with Crippen LogP contribution in [0, 0.1) is 6.92 Å². The van der Waals surface area contributed by atoms with Gasteiger partial charge >= 0.3 is 0 Å². The van der Waals surface area contributed by atoms with E-state index in [0.29, 0.717) is 12.3 Å². The second kappa shape index (κ2) is 6.49. The van der Waals surface area contributed by atoms with Crippen molar-refractivity contribution < 1.29 is 12.8 Å². The van der Waals surface area contributed by atoms with Crippen molar-refractivity contribution in [3.8, 4) is 0 Å². The number of aryl methyl sites for hydroxylation is 1. The second-order valence-corrected chi connectivity index (χ2v) is 7.09. The predicted octanol–water partition coefficient (Wildman–Crippen LogP) is 1.28. The smallest absolute Gasteiger partial charge is 0.273 e. The van der Waals surface area contributed by atoms with Gasteiger partial charge in [-0.05, 0) is 26.1 Å². The maximum Gasteiger partial charge on any atom is 0.273 e. The lowest BCUT2D eigenvalue weighted by Crippen LogP contribution is -2.18. The molecule has 0 unspecified atom stereocenters. The number of nitrogens with zero attached hydrogens (tertiary/aromatic N) is 1. The summed E-state index contributed by atoms with van der Waals surface area (Å²) < 4.78 is 30.5. The number of thiazole rings is 1. The van der Waals surface area contributed by atoms with E-state index in [2.05, 4.69) is 15.0 Å². The zero-order valence-corrected chi connectivity index (χ0v) is 13.0. The van der Waals surface area contributed by atoms with Gasteiger partial charge in [-0.1, -0.05) is 0 Å². The molecule has 0 aliphatic carbocycles. The Kier molecular flexibility index (Phi) is 4.92. The Bertz CT molecular complexity index is 661. The standard InChI is InChI=1S/C12H17N3O3S2/c1-9-15-10(8-19-9)5-6-14-7-11-3-4-12(18-11)20(16,17)13-2/h3-4,8,13-14H,5-7H2,1-2H3. The first kappa shape index (κ1) is 15.2. The fourth-order valence-corrected chi connectivity index (χ4v) is 2.96. The molecule has 0 amide bonds. The lowest BCUT2D eigenvalue weighted by atomic mass is 10.3. The molecule has 0 atom stereocenters. The van der Waals surface area contributed by atoms with Gasteiger partial charge in [0.05, 0.1) is 17.2 Å². The fraction of sp³-hybridized carbons (Fsp3) is 0.417. The molecule has 0 bridgehead atoms. The lowest BCUT2D eigenvalue weighted by Gasteiger charge is -2.01. The van der Waals surface area contributed by atoms with Gasteiger partial charge in [-0.3, -0.25) is 0 Å². The molecule has 0 radical (unpaired) electrons. The molecule has 20 heavy (non-hydrogen) atoms. The van der Waals surface area contributed by atoms with Gasteiger partial charge in [0.1, 0.15) is 5.76 Å². The summed E-state index contributed by atoms with van der Waals surface area (Å²) in [5.74, 6) is 0.591. The molecule has 110 valence electrons. The van der Waals surface area contributed by atoms with Gasteiger partial charge in [-0.25, -0.2) is 18.1 Å². The highest BCUT2D eigenvalue weighted by Gasteiger charge is 2.15. The summed E-state index contributed by atoms with van der Waals surface area (Å²) in [6.45, 7) is 3.23. The van der Waals surface area contributed by atoms with E-state index < -0.39 is 10.0 Å². The van der Waals surface area contributed by atoms with Crippen LogP contribution < -0.4 is 10.0 Å². The third-order valence-electron chi connectivity index (χ3n) is 2.69. The van der Waals surface area contributed by atoms with E-state index in [1.807, 2.05) is 12.3 Å². The Hall–Kier alpha value is -1.22. The topological polar surface area (TPSA) is 84.2 Å². The Morgan fingerprint density at radius 1 is 1.40 bits per heavy atom. The number of aromatic nitrogens is 1. The van der Waals surface area contributed by atoms with Crippen LogP contribution in [0.1, 0.15) is 16.5 Å². The predicted molar refractivity (Wildman–Crippen MR) is 77.2 cm³/mol. The van der Waals surface area contributed by atoms with E-state index >= 15 is 0 Å². The summed E-state index contributed by atoms with van der Waals surface area (Å²) in [7, 11) is -2.15. The maximum atomic E-state index is 11.5. The van der Waals surface area contributed by atoms with E-state index in [-0.39, 0.29) is 5.09 Å². The van der Waals surface area contributed by atoms with Gasteiger partial charge in [0.25, 0.3) is 10.0 Å². The molecule has 2 heterocycles. The van der Waals surface area contributed by atoms with Gasteiger partial charge in [0, 0.05) is 18.3 Å². The third-order valence-corrected chi connectivity index (χ3v) is 4.80. The molecule has 0 saturated carbocycles. The molecule has 0 aliphatic rings. The van der Waals surface area contributed by atoms with Gasteiger partial charge in [-0.2, -0.15) is 0 Å². The van der Waals surface area contributed by atoms with Crippen molar-refractivity contribution in [2.75, 3.05) is 13.6 Å². The minimum Gasteiger partial charge on any atom is -0.447 e. The van der Waals surface area contributed by atoms with Crippen LogP contribution in [0.4, 0.5) is 0 Å². The number of sulfonamides is 1. The van der Waals surface area contributed by atoms with Crippen LogP contribution in [0.5, 0.6) is 0 Å². The normalized spacial score (nSPS) is 11.9. The summed E-state index contributed by atoms with van der Waals surface area (Å²) in [4.78, 5) is 4.37. The van der Waals surface area contributed by atoms with E-state index in [1.54, 1.807) is 17.4 Å². The van der Waals surface area contributed by atoms with Crippen molar-refractivity contribution in [3.63, 3.8) is 0 Å². The molecule has 2 N–H and O–H groups in total.